The molecule has 0 aliphatic carbocycles. The third kappa shape index (κ3) is 2.33. The summed E-state index contributed by atoms with van der Waals surface area (Å²) in [5, 5.41) is 11.1. The number of anilines is 2. The molecule has 86 valence electrons. The number of amides is 1. The number of pyridine rings is 1. The minimum Gasteiger partial charge on any atom is -0.465 e. The van der Waals surface area contributed by atoms with Crippen molar-refractivity contribution in [2.45, 2.75) is 12.5 Å². The third-order valence-electron chi connectivity index (χ3n) is 2.61. The maximum atomic E-state index is 10.5. The molecule has 1 aliphatic heterocycles. The highest BCUT2D eigenvalue weighted by atomic mass is 16.4. The molecular weight excluding hydrogens is 208 g/mol. The number of hydrogen-bond donors (Lipinski definition) is 3. The van der Waals surface area contributed by atoms with Gasteiger partial charge in [-0.1, -0.05) is 0 Å². The van der Waals surface area contributed by atoms with E-state index in [1.807, 2.05) is 11.0 Å². The van der Waals surface area contributed by atoms with Crippen LogP contribution in [0.3, 0.4) is 0 Å². The van der Waals surface area contributed by atoms with E-state index in [1.165, 1.54) is 0 Å². The molecule has 1 aromatic heterocycles. The van der Waals surface area contributed by atoms with E-state index in [2.05, 4.69) is 10.3 Å². The van der Waals surface area contributed by atoms with Crippen LogP contribution in [0.2, 0.25) is 0 Å². The number of carbonyl (C=O) groups is 1. The average Bonchev–Trinajstić information content (AvgIpc) is 2.66. The van der Waals surface area contributed by atoms with Crippen molar-refractivity contribution in [1.29, 1.82) is 0 Å². The largest absolute Gasteiger partial charge is 0.465 e. The van der Waals surface area contributed by atoms with Gasteiger partial charge in [0.15, 0.2) is 0 Å². The average molecular weight is 222 g/mol. The van der Waals surface area contributed by atoms with Crippen molar-refractivity contribution >= 4 is 17.6 Å². The van der Waals surface area contributed by atoms with E-state index in [-0.39, 0.29) is 6.04 Å². The zero-order valence-electron chi connectivity index (χ0n) is 8.76. The summed E-state index contributed by atoms with van der Waals surface area (Å²) in [5.74, 6) is 0.837. The molecule has 1 aromatic rings. The van der Waals surface area contributed by atoms with Crippen LogP contribution in [0.15, 0.2) is 18.3 Å². The van der Waals surface area contributed by atoms with Gasteiger partial charge < -0.3 is 21.1 Å². The molecule has 6 nitrogen and oxygen atoms in total. The Morgan fingerprint density at radius 2 is 2.44 bits per heavy atom. The standard InChI is InChI=1S/C10H14N4O2/c11-7-1-2-9(12-5-7)14-4-3-8(6-14)13-10(15)16/h1-2,5,8,13H,3-4,6,11H2,(H,15,16). The van der Waals surface area contributed by atoms with Gasteiger partial charge in [0.25, 0.3) is 0 Å². The minimum atomic E-state index is -0.975. The van der Waals surface area contributed by atoms with E-state index >= 15 is 0 Å². The number of hydrogen-bond acceptors (Lipinski definition) is 4. The van der Waals surface area contributed by atoms with Gasteiger partial charge in [-0.2, -0.15) is 0 Å². The molecule has 2 rings (SSSR count). The molecule has 4 N–H and O–H groups in total. The van der Waals surface area contributed by atoms with E-state index < -0.39 is 6.09 Å². The number of nitrogens with one attached hydrogen (secondary N) is 1. The van der Waals surface area contributed by atoms with Crippen molar-refractivity contribution in [2.24, 2.45) is 0 Å². The van der Waals surface area contributed by atoms with Crippen molar-refractivity contribution in [3.63, 3.8) is 0 Å². The Morgan fingerprint density at radius 1 is 1.62 bits per heavy atom. The number of nitrogens with zero attached hydrogens (tertiary/aromatic N) is 2. The molecule has 0 radical (unpaired) electrons. The third-order valence-corrected chi connectivity index (χ3v) is 2.61. The molecule has 2 heterocycles. The van der Waals surface area contributed by atoms with Crippen LogP contribution in [0.5, 0.6) is 0 Å². The number of nitrogen functional groups attached to an aromatic ring is 1. The Hall–Kier alpha value is -1.98. The maximum Gasteiger partial charge on any atom is 0.404 e. The molecule has 1 fully saturated rings. The first-order valence-electron chi connectivity index (χ1n) is 5.11. The predicted octanol–water partition coefficient (Wildman–Crippen LogP) is 0.510. The SMILES string of the molecule is Nc1ccc(N2CCC(NC(=O)O)C2)nc1. The lowest BCUT2D eigenvalue weighted by Crippen LogP contribution is -2.36. The molecule has 1 atom stereocenters. The number of rotatable bonds is 2. The van der Waals surface area contributed by atoms with E-state index in [9.17, 15) is 4.79 Å². The highest BCUT2D eigenvalue weighted by Crippen LogP contribution is 2.18. The van der Waals surface area contributed by atoms with Crippen molar-refractivity contribution < 1.29 is 9.90 Å². The van der Waals surface area contributed by atoms with Crippen LogP contribution in [0.25, 0.3) is 0 Å². The van der Waals surface area contributed by atoms with Crippen molar-refractivity contribution in [3.05, 3.63) is 18.3 Å². The number of nitrogens with two attached hydrogens (primary N) is 1. The van der Waals surface area contributed by atoms with Crippen LogP contribution in [-0.2, 0) is 0 Å². The Labute approximate surface area is 93.1 Å². The maximum absolute atomic E-state index is 10.5. The fraction of sp³-hybridized carbons (Fsp3) is 0.400. The van der Waals surface area contributed by atoms with Gasteiger partial charge in [-0.3, -0.25) is 0 Å². The van der Waals surface area contributed by atoms with Crippen molar-refractivity contribution in [3.8, 4) is 0 Å². The smallest absolute Gasteiger partial charge is 0.404 e. The Bertz CT molecular complexity index is 379. The molecule has 16 heavy (non-hydrogen) atoms. The van der Waals surface area contributed by atoms with Crippen LogP contribution in [0, 0.1) is 0 Å². The summed E-state index contributed by atoms with van der Waals surface area (Å²) in [6.07, 6.45) is 1.43. The van der Waals surface area contributed by atoms with Crippen molar-refractivity contribution in [1.82, 2.24) is 10.3 Å². The molecule has 1 amide bonds. The molecule has 1 unspecified atom stereocenters. The lowest BCUT2D eigenvalue weighted by molar-refractivity contribution is 0.191. The highest BCUT2D eigenvalue weighted by Gasteiger charge is 2.24. The second-order valence-corrected chi connectivity index (χ2v) is 3.83. The van der Waals surface area contributed by atoms with Gasteiger partial charge in [-0.05, 0) is 18.6 Å². The van der Waals surface area contributed by atoms with Crippen LogP contribution >= 0.6 is 0 Å². The van der Waals surface area contributed by atoms with E-state index in [0.29, 0.717) is 12.2 Å². The number of carboxylic acid groups (broad SMARTS) is 1. The van der Waals surface area contributed by atoms with Gasteiger partial charge in [0.05, 0.1) is 17.9 Å². The van der Waals surface area contributed by atoms with Crippen LogP contribution in [0.4, 0.5) is 16.3 Å². The lowest BCUT2D eigenvalue weighted by Gasteiger charge is -2.17. The van der Waals surface area contributed by atoms with Gasteiger partial charge >= 0.3 is 6.09 Å². The summed E-state index contributed by atoms with van der Waals surface area (Å²) in [6.45, 7) is 1.46. The molecule has 1 aliphatic rings. The van der Waals surface area contributed by atoms with Crippen molar-refractivity contribution in [2.75, 3.05) is 23.7 Å². The van der Waals surface area contributed by atoms with E-state index in [0.717, 1.165) is 18.8 Å². The molecule has 6 heteroatoms. The molecule has 1 saturated heterocycles. The fourth-order valence-electron chi connectivity index (χ4n) is 1.85. The van der Waals surface area contributed by atoms with Crippen LogP contribution in [0.1, 0.15) is 6.42 Å². The molecular formula is C10H14N4O2. The van der Waals surface area contributed by atoms with E-state index in [1.54, 1.807) is 12.3 Å². The van der Waals surface area contributed by atoms with Crippen LogP contribution in [-0.4, -0.2) is 35.3 Å². The van der Waals surface area contributed by atoms with Gasteiger partial charge in [0.1, 0.15) is 5.82 Å². The first-order valence-corrected chi connectivity index (χ1v) is 5.11. The summed E-state index contributed by atoms with van der Waals surface area (Å²) in [4.78, 5) is 16.7. The molecule has 0 bridgehead atoms. The summed E-state index contributed by atoms with van der Waals surface area (Å²) in [7, 11) is 0. The zero-order chi connectivity index (χ0) is 11.5. The Kier molecular flexibility index (Phi) is 2.80. The fourth-order valence-corrected chi connectivity index (χ4v) is 1.85. The molecule has 0 saturated carbocycles. The summed E-state index contributed by atoms with van der Waals surface area (Å²) >= 11 is 0. The van der Waals surface area contributed by atoms with Gasteiger partial charge in [-0.15, -0.1) is 0 Å². The van der Waals surface area contributed by atoms with Gasteiger partial charge in [-0.25, -0.2) is 9.78 Å². The Balaban J connectivity index is 1.98. The van der Waals surface area contributed by atoms with Gasteiger partial charge in [0, 0.05) is 13.1 Å². The topological polar surface area (TPSA) is 91.5 Å². The first-order chi connectivity index (χ1) is 7.65. The normalized spacial score (nSPS) is 19.8. The second-order valence-electron chi connectivity index (χ2n) is 3.83. The highest BCUT2D eigenvalue weighted by molar-refractivity contribution is 5.65. The Morgan fingerprint density at radius 3 is 3.06 bits per heavy atom. The summed E-state index contributed by atoms with van der Waals surface area (Å²) < 4.78 is 0. The van der Waals surface area contributed by atoms with E-state index in [4.69, 9.17) is 10.8 Å². The lowest BCUT2D eigenvalue weighted by atomic mass is 10.3. The summed E-state index contributed by atoms with van der Waals surface area (Å²) in [6, 6.07) is 3.62. The summed E-state index contributed by atoms with van der Waals surface area (Å²) in [5.41, 5.74) is 6.18. The second kappa shape index (κ2) is 4.26. The van der Waals surface area contributed by atoms with Gasteiger partial charge in [0.2, 0.25) is 0 Å². The zero-order valence-corrected chi connectivity index (χ0v) is 8.76. The first kappa shape index (κ1) is 10.5. The predicted molar refractivity (Wildman–Crippen MR) is 60.4 cm³/mol. The minimum absolute atomic E-state index is 0.0168. The molecule has 0 aromatic carbocycles. The monoisotopic (exact) mass is 222 g/mol. The number of aromatic nitrogens is 1. The van der Waals surface area contributed by atoms with Crippen LogP contribution < -0.4 is 16.0 Å². The molecule has 0 spiro atoms. The quantitative estimate of drug-likeness (QED) is 0.678.